The number of rotatable bonds is 5. The zero-order valence-corrected chi connectivity index (χ0v) is 15.9. The highest BCUT2D eigenvalue weighted by Crippen LogP contribution is 2.29. The number of hydrogen-bond donors (Lipinski definition) is 0. The Bertz CT molecular complexity index is 891. The van der Waals surface area contributed by atoms with Crippen LogP contribution in [-0.2, 0) is 15.9 Å². The Balaban J connectivity index is 1.69. The zero-order valence-electron chi connectivity index (χ0n) is 15.1. The maximum absolute atomic E-state index is 11.7. The molecule has 0 atom stereocenters. The Morgan fingerprint density at radius 3 is 2.54 bits per heavy atom. The molecule has 6 nitrogen and oxygen atoms in total. The van der Waals surface area contributed by atoms with Gasteiger partial charge in [0.25, 0.3) is 5.22 Å². The van der Waals surface area contributed by atoms with Crippen LogP contribution in [0.25, 0.3) is 11.5 Å². The zero-order chi connectivity index (χ0) is 18.7. The Labute approximate surface area is 155 Å². The van der Waals surface area contributed by atoms with Crippen molar-refractivity contribution in [2.24, 2.45) is 0 Å². The second kappa shape index (κ2) is 7.37. The lowest BCUT2D eigenvalue weighted by molar-refractivity contribution is 0.0598. The van der Waals surface area contributed by atoms with Gasteiger partial charge in [-0.15, -0.1) is 10.2 Å². The fourth-order valence-electron chi connectivity index (χ4n) is 2.37. The summed E-state index contributed by atoms with van der Waals surface area (Å²) in [7, 11) is 1.33. The molecule has 136 valence electrons. The van der Waals surface area contributed by atoms with Gasteiger partial charge in [0.2, 0.25) is 5.89 Å². The van der Waals surface area contributed by atoms with Crippen LogP contribution in [0.1, 0.15) is 42.5 Å². The van der Waals surface area contributed by atoms with Crippen LogP contribution < -0.4 is 0 Å². The van der Waals surface area contributed by atoms with Crippen molar-refractivity contribution in [2.75, 3.05) is 7.11 Å². The molecule has 2 aromatic heterocycles. The average molecular weight is 372 g/mol. The molecule has 0 aliphatic heterocycles. The van der Waals surface area contributed by atoms with Crippen molar-refractivity contribution in [1.82, 2.24) is 10.2 Å². The van der Waals surface area contributed by atoms with Gasteiger partial charge in [-0.25, -0.2) is 4.79 Å². The fraction of sp³-hybridized carbons (Fsp3) is 0.316. The highest BCUT2D eigenvalue weighted by molar-refractivity contribution is 7.98. The number of nitrogens with zero attached hydrogens (tertiary/aromatic N) is 2. The van der Waals surface area contributed by atoms with Gasteiger partial charge in [-0.1, -0.05) is 44.7 Å². The van der Waals surface area contributed by atoms with Gasteiger partial charge >= 0.3 is 5.97 Å². The van der Waals surface area contributed by atoms with Crippen LogP contribution in [0, 0.1) is 0 Å². The van der Waals surface area contributed by atoms with Gasteiger partial charge in [-0.05, 0) is 29.2 Å². The number of aromatic nitrogens is 2. The summed E-state index contributed by atoms with van der Waals surface area (Å²) in [5.74, 6) is 0.929. The summed E-state index contributed by atoms with van der Waals surface area (Å²) in [6.07, 6.45) is 1.46. The maximum atomic E-state index is 11.7. The first kappa shape index (κ1) is 18.3. The van der Waals surface area contributed by atoms with Crippen molar-refractivity contribution in [3.63, 3.8) is 0 Å². The largest absolute Gasteiger partial charge is 0.468 e. The number of thioether (sulfide) groups is 1. The number of furan rings is 1. The van der Waals surface area contributed by atoms with E-state index in [9.17, 15) is 4.79 Å². The molecule has 0 saturated heterocycles. The lowest BCUT2D eigenvalue weighted by Gasteiger charge is -2.18. The number of benzene rings is 1. The number of carbonyl (C=O) groups is 1. The summed E-state index contributed by atoms with van der Waals surface area (Å²) in [6, 6.07) is 9.67. The Morgan fingerprint density at radius 1 is 1.15 bits per heavy atom. The summed E-state index contributed by atoms with van der Waals surface area (Å²) in [4.78, 5) is 11.7. The molecule has 0 saturated carbocycles. The van der Waals surface area contributed by atoms with Gasteiger partial charge in [-0.2, -0.15) is 0 Å². The molecule has 0 radical (unpaired) electrons. The van der Waals surface area contributed by atoms with Gasteiger partial charge < -0.3 is 13.6 Å². The average Bonchev–Trinajstić information content (AvgIpc) is 3.28. The van der Waals surface area contributed by atoms with Crippen LogP contribution in [0.2, 0.25) is 0 Å². The smallest absolute Gasteiger partial charge is 0.341 e. The summed E-state index contributed by atoms with van der Waals surface area (Å²) in [6.45, 7) is 6.50. The molecular weight excluding hydrogens is 352 g/mol. The van der Waals surface area contributed by atoms with Crippen molar-refractivity contribution < 1.29 is 18.4 Å². The van der Waals surface area contributed by atoms with Crippen molar-refractivity contribution in [3.05, 3.63) is 53.5 Å². The second-order valence-corrected chi connectivity index (χ2v) is 7.66. The molecule has 0 fully saturated rings. The first-order valence-electron chi connectivity index (χ1n) is 8.10. The molecule has 0 aliphatic carbocycles. The third-order valence-corrected chi connectivity index (χ3v) is 4.70. The van der Waals surface area contributed by atoms with Crippen molar-refractivity contribution >= 4 is 17.7 Å². The molecule has 1 aromatic carbocycles. The van der Waals surface area contributed by atoms with Crippen LogP contribution in [0.4, 0.5) is 0 Å². The minimum atomic E-state index is -0.431. The van der Waals surface area contributed by atoms with Gasteiger partial charge in [0.1, 0.15) is 11.3 Å². The molecule has 2 heterocycles. The van der Waals surface area contributed by atoms with E-state index in [0.29, 0.717) is 28.2 Å². The normalized spacial score (nSPS) is 11.5. The van der Waals surface area contributed by atoms with Crippen molar-refractivity contribution in [3.8, 4) is 11.5 Å². The lowest BCUT2D eigenvalue weighted by Crippen LogP contribution is -2.10. The second-order valence-electron chi connectivity index (χ2n) is 6.74. The highest BCUT2D eigenvalue weighted by Gasteiger charge is 2.18. The van der Waals surface area contributed by atoms with E-state index < -0.39 is 5.97 Å². The minimum absolute atomic E-state index is 0.0920. The third-order valence-electron chi connectivity index (χ3n) is 3.88. The summed E-state index contributed by atoms with van der Waals surface area (Å²) >= 11 is 1.30. The van der Waals surface area contributed by atoms with Crippen molar-refractivity contribution in [2.45, 2.75) is 37.2 Å². The van der Waals surface area contributed by atoms with Gasteiger partial charge in [-0.3, -0.25) is 0 Å². The molecule has 0 bridgehead atoms. The number of hydrogen-bond acceptors (Lipinski definition) is 7. The monoisotopic (exact) mass is 372 g/mol. The van der Waals surface area contributed by atoms with Gasteiger partial charge in [0.05, 0.1) is 19.1 Å². The number of carbonyl (C=O) groups excluding carboxylic acids is 1. The maximum Gasteiger partial charge on any atom is 0.341 e. The SMILES string of the molecule is COC(=O)c1ccoc1CSc1nnc(-c2ccc(C(C)(C)C)cc2)o1. The molecule has 0 unspecified atom stereocenters. The van der Waals surface area contributed by atoms with E-state index in [2.05, 4.69) is 43.1 Å². The topological polar surface area (TPSA) is 78.4 Å². The van der Waals surface area contributed by atoms with Crippen LogP contribution in [0.5, 0.6) is 0 Å². The lowest BCUT2D eigenvalue weighted by atomic mass is 9.87. The van der Waals surface area contributed by atoms with E-state index in [1.807, 2.05) is 12.1 Å². The summed E-state index contributed by atoms with van der Waals surface area (Å²) in [5, 5.41) is 8.55. The predicted octanol–water partition coefficient (Wildman–Crippen LogP) is 4.71. The number of methoxy groups -OCH3 is 1. The first-order valence-corrected chi connectivity index (χ1v) is 9.09. The van der Waals surface area contributed by atoms with E-state index in [4.69, 9.17) is 13.6 Å². The van der Waals surface area contributed by atoms with Gasteiger partial charge in [0.15, 0.2) is 0 Å². The Hall–Kier alpha value is -2.54. The van der Waals surface area contributed by atoms with E-state index in [-0.39, 0.29) is 5.41 Å². The molecule has 0 amide bonds. The fourth-order valence-corrected chi connectivity index (χ4v) is 3.08. The minimum Gasteiger partial charge on any atom is -0.468 e. The van der Waals surface area contributed by atoms with Crippen LogP contribution in [-0.4, -0.2) is 23.3 Å². The molecule has 7 heteroatoms. The van der Waals surface area contributed by atoms with E-state index >= 15 is 0 Å². The summed E-state index contributed by atoms with van der Waals surface area (Å²) in [5.41, 5.74) is 2.60. The predicted molar refractivity (Wildman–Crippen MR) is 98.0 cm³/mol. The molecule has 0 N–H and O–H groups in total. The van der Waals surface area contributed by atoms with Crippen molar-refractivity contribution in [1.29, 1.82) is 0 Å². The molecule has 26 heavy (non-hydrogen) atoms. The molecule has 0 aliphatic rings. The summed E-state index contributed by atoms with van der Waals surface area (Å²) < 4.78 is 15.8. The van der Waals surface area contributed by atoms with E-state index in [1.54, 1.807) is 6.07 Å². The standard InChI is InChI=1S/C19H20N2O4S/c1-19(2,3)13-7-5-12(6-8-13)16-20-21-18(25-16)26-11-15-14(9-10-24-15)17(22)23-4/h5-10H,11H2,1-4H3. The van der Waals surface area contributed by atoms with Crippen LogP contribution in [0.15, 0.2) is 50.7 Å². The quantitative estimate of drug-likeness (QED) is 0.474. The first-order chi connectivity index (χ1) is 12.4. The molecular formula is C19H20N2O4S. The van der Waals surface area contributed by atoms with Gasteiger partial charge in [0, 0.05) is 5.56 Å². The van der Waals surface area contributed by atoms with E-state index in [0.717, 1.165) is 5.56 Å². The Morgan fingerprint density at radius 2 is 1.88 bits per heavy atom. The number of ether oxygens (including phenoxy) is 1. The third kappa shape index (κ3) is 3.99. The number of esters is 1. The molecule has 3 aromatic rings. The van der Waals surface area contributed by atoms with E-state index in [1.165, 1.54) is 30.7 Å². The van der Waals surface area contributed by atoms with Crippen LogP contribution >= 0.6 is 11.8 Å². The van der Waals surface area contributed by atoms with Crippen LogP contribution in [0.3, 0.4) is 0 Å². The molecule has 3 rings (SSSR count). The highest BCUT2D eigenvalue weighted by atomic mass is 32.2. The Kier molecular flexibility index (Phi) is 5.18. The molecule has 0 spiro atoms.